The van der Waals surface area contributed by atoms with Crippen LogP contribution in [0.3, 0.4) is 0 Å². The van der Waals surface area contributed by atoms with E-state index in [1.165, 1.54) is 0 Å². The van der Waals surface area contributed by atoms with Crippen molar-refractivity contribution >= 4 is 11.8 Å². The Morgan fingerprint density at radius 1 is 1.43 bits per heavy atom. The highest BCUT2D eigenvalue weighted by Crippen LogP contribution is 1.94. The molecule has 4 N–H and O–H groups in total. The number of hydrogen-bond donors (Lipinski definition) is 3. The molecule has 0 heterocycles. The van der Waals surface area contributed by atoms with E-state index in [0.29, 0.717) is 0 Å². The molecule has 4 heteroatoms. The van der Waals surface area contributed by atoms with Crippen LogP contribution in [0.15, 0.2) is 30.3 Å². The van der Waals surface area contributed by atoms with E-state index in [0.717, 1.165) is 5.56 Å². The van der Waals surface area contributed by atoms with Crippen molar-refractivity contribution in [1.82, 2.24) is 0 Å². The van der Waals surface area contributed by atoms with Gasteiger partial charge < -0.3 is 10.8 Å². The number of rotatable bonds is 2. The molecule has 0 spiro atoms. The fraction of sp³-hybridized carbons (Fsp3) is 0.200. The van der Waals surface area contributed by atoms with Crippen LogP contribution in [0, 0.1) is 5.41 Å². The number of aliphatic carboxylic acids is 1. The summed E-state index contributed by atoms with van der Waals surface area (Å²) in [5.41, 5.74) is 5.97. The molecule has 0 aliphatic heterocycles. The van der Waals surface area contributed by atoms with Gasteiger partial charge in [0, 0.05) is 12.0 Å². The predicted molar refractivity (Wildman–Crippen MR) is 55.4 cm³/mol. The van der Waals surface area contributed by atoms with E-state index >= 15 is 0 Å². The Kier molecular flexibility index (Phi) is 5.78. The van der Waals surface area contributed by atoms with E-state index in [4.69, 9.17) is 16.2 Å². The van der Waals surface area contributed by atoms with Gasteiger partial charge in [0.25, 0.3) is 0 Å². The molecule has 0 saturated heterocycles. The minimum absolute atomic E-state index is 0.121. The molecule has 1 aromatic rings. The maximum Gasteiger partial charge on any atom is 0.303 e. The highest BCUT2D eigenvalue weighted by Gasteiger charge is 1.89. The third-order valence-electron chi connectivity index (χ3n) is 1.39. The number of nitrogen functional groups attached to an aromatic ring is 1. The van der Waals surface area contributed by atoms with E-state index in [9.17, 15) is 4.79 Å². The van der Waals surface area contributed by atoms with Crippen LogP contribution in [0.5, 0.6) is 0 Å². The molecule has 1 rings (SSSR count). The second kappa shape index (κ2) is 6.65. The van der Waals surface area contributed by atoms with Gasteiger partial charge in [-0.1, -0.05) is 37.3 Å². The molecule has 0 aromatic heterocycles. The lowest BCUT2D eigenvalue weighted by molar-refractivity contribution is -0.136. The summed E-state index contributed by atoms with van der Waals surface area (Å²) in [6.45, 7) is 1.60. The van der Waals surface area contributed by atoms with Crippen LogP contribution >= 0.6 is 0 Å². The Hall–Kier alpha value is -1.84. The molecule has 1 aromatic carbocycles. The van der Waals surface area contributed by atoms with Crippen LogP contribution in [0.2, 0.25) is 0 Å². The van der Waals surface area contributed by atoms with Crippen molar-refractivity contribution in [1.29, 1.82) is 5.41 Å². The van der Waals surface area contributed by atoms with Crippen molar-refractivity contribution < 1.29 is 9.90 Å². The minimum atomic E-state index is -0.745. The fourth-order valence-electron chi connectivity index (χ4n) is 0.618. The molecular weight excluding hydrogens is 180 g/mol. The lowest BCUT2D eigenvalue weighted by atomic mass is 10.2. The third kappa shape index (κ3) is 5.77. The Balaban J connectivity index is 0.000000292. The van der Waals surface area contributed by atoms with E-state index in [2.05, 4.69) is 0 Å². The molecule has 0 atom stereocenters. The number of carboxylic acids is 1. The average Bonchev–Trinajstić information content (AvgIpc) is 2.20. The maximum absolute atomic E-state index is 9.37. The van der Waals surface area contributed by atoms with Crippen LogP contribution in [0.4, 0.5) is 0 Å². The normalized spacial score (nSPS) is 8.36. The summed E-state index contributed by atoms with van der Waals surface area (Å²) in [5, 5.41) is 14.7. The molecule has 76 valence electrons. The predicted octanol–water partition coefficient (Wildman–Crippen LogP) is 1.45. The number of carbonyl (C=O) groups is 1. The molecule has 4 nitrogen and oxygen atoms in total. The molecular formula is C10H14N2O2. The largest absolute Gasteiger partial charge is 0.481 e. The summed E-state index contributed by atoms with van der Waals surface area (Å²) < 4.78 is 0. The lowest BCUT2D eigenvalue weighted by Crippen LogP contribution is -2.10. The van der Waals surface area contributed by atoms with Crippen LogP contribution in [-0.4, -0.2) is 16.9 Å². The number of hydrogen-bond acceptors (Lipinski definition) is 2. The van der Waals surface area contributed by atoms with Crippen LogP contribution < -0.4 is 5.73 Å². The first-order valence-electron chi connectivity index (χ1n) is 4.19. The Morgan fingerprint density at radius 2 is 1.86 bits per heavy atom. The first-order chi connectivity index (χ1) is 6.57. The van der Waals surface area contributed by atoms with Crippen LogP contribution in [0.1, 0.15) is 18.9 Å². The number of carboxylic acid groups (broad SMARTS) is 1. The lowest BCUT2D eigenvalue weighted by Gasteiger charge is -1.93. The van der Waals surface area contributed by atoms with Gasteiger partial charge >= 0.3 is 5.97 Å². The Labute approximate surface area is 82.9 Å². The summed E-state index contributed by atoms with van der Waals surface area (Å²) in [4.78, 5) is 9.37. The van der Waals surface area contributed by atoms with E-state index in [-0.39, 0.29) is 12.3 Å². The van der Waals surface area contributed by atoms with Crippen molar-refractivity contribution in [3.05, 3.63) is 35.9 Å². The zero-order chi connectivity index (χ0) is 11.0. The highest BCUT2D eigenvalue weighted by molar-refractivity contribution is 5.94. The van der Waals surface area contributed by atoms with Gasteiger partial charge in [0.05, 0.1) is 0 Å². The Morgan fingerprint density at radius 3 is 2.07 bits per heavy atom. The second-order valence-electron chi connectivity index (χ2n) is 2.53. The number of nitrogens with two attached hydrogens (primary N) is 1. The van der Waals surface area contributed by atoms with Crippen molar-refractivity contribution in [2.45, 2.75) is 13.3 Å². The van der Waals surface area contributed by atoms with Gasteiger partial charge in [-0.2, -0.15) is 0 Å². The van der Waals surface area contributed by atoms with Gasteiger partial charge in [-0.15, -0.1) is 0 Å². The van der Waals surface area contributed by atoms with Gasteiger partial charge in [0.15, 0.2) is 0 Å². The second-order valence-corrected chi connectivity index (χ2v) is 2.53. The number of nitrogens with one attached hydrogen (secondary N) is 1. The topological polar surface area (TPSA) is 87.2 Å². The highest BCUT2D eigenvalue weighted by atomic mass is 16.4. The Bertz CT molecular complexity index is 296. The van der Waals surface area contributed by atoms with Gasteiger partial charge in [-0.25, -0.2) is 0 Å². The molecule has 0 fully saturated rings. The number of amidine groups is 1. The summed E-state index contributed by atoms with van der Waals surface area (Å²) in [6.07, 6.45) is 0.222. The van der Waals surface area contributed by atoms with E-state index in [1.807, 2.05) is 30.3 Å². The standard InChI is InChI=1S/C7H8N2.C3H6O2/c8-7(9)6-4-2-1-3-5-6;1-2-3(4)5/h1-5H,(H3,8,9);2H2,1H3,(H,4,5). The third-order valence-corrected chi connectivity index (χ3v) is 1.39. The van der Waals surface area contributed by atoms with Gasteiger partial charge in [-0.3, -0.25) is 10.2 Å². The van der Waals surface area contributed by atoms with Gasteiger partial charge in [0.2, 0.25) is 0 Å². The van der Waals surface area contributed by atoms with E-state index in [1.54, 1.807) is 6.92 Å². The quantitative estimate of drug-likeness (QED) is 0.492. The van der Waals surface area contributed by atoms with Crippen molar-refractivity contribution in [3.63, 3.8) is 0 Å². The van der Waals surface area contributed by atoms with Crippen LogP contribution in [-0.2, 0) is 4.79 Å². The van der Waals surface area contributed by atoms with Gasteiger partial charge in [0.1, 0.15) is 5.84 Å². The molecule has 0 aliphatic carbocycles. The first-order valence-corrected chi connectivity index (χ1v) is 4.19. The summed E-state index contributed by atoms with van der Waals surface area (Å²) in [5.74, 6) is -0.624. The zero-order valence-corrected chi connectivity index (χ0v) is 8.03. The molecule has 14 heavy (non-hydrogen) atoms. The molecule has 0 radical (unpaired) electrons. The minimum Gasteiger partial charge on any atom is -0.481 e. The SMILES string of the molecule is CCC(=O)O.N=C(N)c1ccccc1. The van der Waals surface area contributed by atoms with Crippen molar-refractivity contribution in [3.8, 4) is 0 Å². The van der Waals surface area contributed by atoms with Crippen molar-refractivity contribution in [2.24, 2.45) is 5.73 Å². The maximum atomic E-state index is 9.37. The smallest absolute Gasteiger partial charge is 0.303 e. The van der Waals surface area contributed by atoms with Gasteiger partial charge in [-0.05, 0) is 0 Å². The van der Waals surface area contributed by atoms with Crippen LogP contribution in [0.25, 0.3) is 0 Å². The summed E-state index contributed by atoms with van der Waals surface area (Å²) >= 11 is 0. The first kappa shape index (κ1) is 12.2. The zero-order valence-electron chi connectivity index (χ0n) is 8.03. The molecule has 0 aliphatic rings. The molecule has 0 saturated carbocycles. The number of benzene rings is 1. The van der Waals surface area contributed by atoms with Crippen molar-refractivity contribution in [2.75, 3.05) is 0 Å². The molecule has 0 amide bonds. The fourth-order valence-corrected chi connectivity index (χ4v) is 0.618. The molecule has 0 bridgehead atoms. The average molecular weight is 194 g/mol. The summed E-state index contributed by atoms with van der Waals surface area (Å²) in [7, 11) is 0. The summed E-state index contributed by atoms with van der Waals surface area (Å²) in [6, 6.07) is 9.23. The monoisotopic (exact) mass is 194 g/mol. The molecule has 0 unspecified atom stereocenters. The van der Waals surface area contributed by atoms with E-state index < -0.39 is 5.97 Å².